The minimum Gasteiger partial charge on any atom is -0.503 e. The summed E-state index contributed by atoms with van der Waals surface area (Å²) in [5, 5.41) is 22.0. The Kier molecular flexibility index (Phi) is 7.78. The zero-order valence-electron chi connectivity index (χ0n) is 28.6. The van der Waals surface area contributed by atoms with Crippen LogP contribution in [0, 0.1) is 41.1 Å². The second-order valence-corrected chi connectivity index (χ2v) is 14.7. The summed E-state index contributed by atoms with van der Waals surface area (Å²) in [6, 6.07) is 0.821. The molecule has 2 aromatic heterocycles. The number of halogens is 3. The quantitative estimate of drug-likeness (QED) is 0.355. The molecule has 278 valence electrons. The first-order valence-corrected chi connectivity index (χ1v) is 17.1. The average molecular weight is 738 g/mol. The van der Waals surface area contributed by atoms with E-state index in [1.54, 1.807) is 23.6 Å². The Morgan fingerprint density at radius 3 is 1.85 bits per heavy atom. The predicted octanol–water partition coefficient (Wildman–Crippen LogP) is 2.53. The molecule has 3 amide bonds. The number of aromatic carboxylic acids is 1. The van der Waals surface area contributed by atoms with Crippen LogP contribution < -0.4 is 20.9 Å². The van der Waals surface area contributed by atoms with Gasteiger partial charge in [0, 0.05) is 50.7 Å². The van der Waals surface area contributed by atoms with Crippen LogP contribution in [0.4, 0.5) is 13.2 Å². The summed E-state index contributed by atoms with van der Waals surface area (Å²) in [5.74, 6) is -5.70. The lowest BCUT2D eigenvalue weighted by atomic mass is 9.99. The third-order valence-corrected chi connectivity index (χ3v) is 12.0. The van der Waals surface area contributed by atoms with Gasteiger partial charge in [-0.3, -0.25) is 24.0 Å². The topological polar surface area (TPSA) is 180 Å². The molecule has 0 unspecified atom stereocenters. The number of ether oxygens (including phenoxy) is 1. The first kappa shape index (κ1) is 34.5. The first-order valence-electron chi connectivity index (χ1n) is 17.1. The van der Waals surface area contributed by atoms with Crippen molar-refractivity contribution in [1.29, 1.82) is 0 Å². The molecule has 0 spiro atoms. The van der Waals surface area contributed by atoms with E-state index in [0.717, 1.165) is 25.7 Å². The fourth-order valence-corrected chi connectivity index (χ4v) is 9.21. The minimum atomic E-state index is -1.30. The molecule has 8 atom stereocenters. The fourth-order valence-electron chi connectivity index (χ4n) is 9.21. The average Bonchev–Trinajstić information content (AvgIpc) is 3.99. The summed E-state index contributed by atoms with van der Waals surface area (Å²) >= 11 is 0. The number of rotatable bonds is 5. The van der Waals surface area contributed by atoms with E-state index < -0.39 is 69.5 Å². The van der Waals surface area contributed by atoms with Crippen LogP contribution in [0.5, 0.6) is 11.5 Å². The summed E-state index contributed by atoms with van der Waals surface area (Å²) in [4.78, 5) is 77.4. The number of carbonyl (C=O) groups is 4. The van der Waals surface area contributed by atoms with Gasteiger partial charge >= 0.3 is 5.97 Å². The number of likely N-dealkylation sites (N-methyl/N-ethyl adjacent to an activating group) is 2. The molecular weight excluding hydrogens is 703 g/mol. The number of hydrogen-bond acceptors (Lipinski definition) is 8. The second-order valence-electron chi connectivity index (χ2n) is 14.7. The molecule has 53 heavy (non-hydrogen) atoms. The van der Waals surface area contributed by atoms with Crippen LogP contribution in [0.15, 0.2) is 34.1 Å². The Morgan fingerprint density at radius 2 is 1.32 bits per heavy atom. The van der Waals surface area contributed by atoms with Crippen LogP contribution in [0.2, 0.25) is 0 Å². The number of carbonyl (C=O) groups excluding carboxylic acids is 3. The van der Waals surface area contributed by atoms with Crippen molar-refractivity contribution in [3.05, 3.63) is 90.5 Å². The number of aromatic nitrogens is 2. The van der Waals surface area contributed by atoms with E-state index in [-0.39, 0.29) is 52.8 Å². The molecule has 4 aliphatic carbocycles. The zero-order valence-corrected chi connectivity index (χ0v) is 28.6. The van der Waals surface area contributed by atoms with Gasteiger partial charge in [0.15, 0.2) is 22.9 Å². The molecule has 1 aromatic carbocycles. The van der Waals surface area contributed by atoms with E-state index in [1.165, 1.54) is 29.0 Å². The number of pyridine rings is 2. The molecule has 0 saturated heterocycles. The molecule has 17 heteroatoms. The summed E-state index contributed by atoms with van der Waals surface area (Å²) in [6.07, 6.45) is 6.39. The Labute approximate surface area is 298 Å². The maximum Gasteiger partial charge on any atom is 0.341 e. The smallest absolute Gasteiger partial charge is 0.341 e. The number of carboxylic acid groups (broad SMARTS) is 1. The monoisotopic (exact) mass is 737 g/mol. The number of amides is 3. The van der Waals surface area contributed by atoms with E-state index >= 15 is 0 Å². The Morgan fingerprint density at radius 1 is 0.811 bits per heavy atom. The number of carboxylic acids is 1. The van der Waals surface area contributed by atoms with Gasteiger partial charge in [0.1, 0.15) is 28.6 Å². The molecule has 9 rings (SSSR count). The molecule has 0 radical (unpaired) electrons. The van der Waals surface area contributed by atoms with Gasteiger partial charge in [0.2, 0.25) is 10.9 Å². The van der Waals surface area contributed by atoms with Crippen molar-refractivity contribution in [2.24, 2.45) is 23.7 Å². The summed E-state index contributed by atoms with van der Waals surface area (Å²) < 4.78 is 49.0. The lowest BCUT2D eigenvalue weighted by Gasteiger charge is -2.40. The third kappa shape index (κ3) is 5.14. The van der Waals surface area contributed by atoms with Crippen LogP contribution in [0.25, 0.3) is 0 Å². The van der Waals surface area contributed by atoms with Gasteiger partial charge in [0.05, 0.1) is 31.3 Å². The normalized spacial score (nSPS) is 28.0. The van der Waals surface area contributed by atoms with E-state index in [2.05, 4.69) is 5.32 Å². The molecule has 3 aromatic rings. The molecule has 2 aliphatic heterocycles. The first-order chi connectivity index (χ1) is 25.1. The molecule has 0 bridgehead atoms. The highest BCUT2D eigenvalue weighted by Gasteiger charge is 2.60. The highest BCUT2D eigenvalue weighted by molar-refractivity contribution is 6.00. The number of fused-ring (bicyclic) bond motifs is 10. The number of nitrogens with one attached hydrogen (secondary N) is 1. The number of nitrogens with zero attached hydrogens (tertiary/aromatic N) is 4. The summed E-state index contributed by atoms with van der Waals surface area (Å²) in [7, 11) is 4.66. The number of aromatic hydroxyl groups is 1. The molecule has 3 N–H and O–H groups in total. The van der Waals surface area contributed by atoms with Gasteiger partial charge < -0.3 is 39.2 Å². The van der Waals surface area contributed by atoms with Gasteiger partial charge in [-0.05, 0) is 49.4 Å². The zero-order chi connectivity index (χ0) is 37.9. The van der Waals surface area contributed by atoms with E-state index in [9.17, 15) is 52.2 Å². The standard InChI is InChI=1S/C21H18F3N3O4.C15H16N2O5/c1-26-15-3-8-2-10(8)16(15)27-7-12(18(28)19(29)17(27)21(26)31)20(30)25-6-11-13(23)4-9(22)5-14(11)24;1-16-9-4-6-3-7(6)10(9)17-5-8(15(20)21)12(18)13(22-2)11(17)14(16)19/h4-5,7-8,10,15-16,29H,2-3,6H2,1H3,(H,25,30);5-7,9-10H,3-4H2,1-2H3,(H,20,21)/t8-,10-,15-,16+;6-,7-,9-,10+/m11/s1. The van der Waals surface area contributed by atoms with Crippen molar-refractivity contribution >= 4 is 23.7 Å². The van der Waals surface area contributed by atoms with Crippen LogP contribution in [0.3, 0.4) is 0 Å². The van der Waals surface area contributed by atoms with Crippen molar-refractivity contribution in [2.45, 2.75) is 56.4 Å². The Hall–Kier alpha value is -5.61. The van der Waals surface area contributed by atoms with E-state index in [0.29, 0.717) is 35.8 Å². The largest absolute Gasteiger partial charge is 0.503 e. The lowest BCUT2D eigenvalue weighted by Crippen LogP contribution is -2.49. The third-order valence-electron chi connectivity index (χ3n) is 12.0. The van der Waals surface area contributed by atoms with Crippen molar-refractivity contribution < 1.29 is 47.3 Å². The molecule has 4 fully saturated rings. The Bertz CT molecular complexity index is 2270. The SMILES string of the molecule is CN1C(=O)c2c(O)c(=O)c(C(=O)NCc3c(F)cc(F)cc3F)cn2[C@H]2[C@@H]3C[C@@H]3C[C@H]21.COc1c2n(cc(C(=O)O)c1=O)[C@H]1[C@@H]3C[C@@H]3C[C@H]1N(C)C2=O. The highest BCUT2D eigenvalue weighted by atomic mass is 19.1. The van der Waals surface area contributed by atoms with Crippen molar-refractivity contribution in [2.75, 3.05) is 21.2 Å². The van der Waals surface area contributed by atoms with Crippen LogP contribution >= 0.6 is 0 Å². The molecular formula is C36H34F3N5O9. The second kappa shape index (κ2) is 12.0. The van der Waals surface area contributed by atoms with Gasteiger partial charge in [-0.15, -0.1) is 0 Å². The summed E-state index contributed by atoms with van der Waals surface area (Å²) in [6.45, 7) is -0.628. The van der Waals surface area contributed by atoms with Crippen molar-refractivity contribution in [1.82, 2.24) is 24.3 Å². The minimum absolute atomic E-state index is 0.0373. The van der Waals surface area contributed by atoms with Crippen molar-refractivity contribution in [3.63, 3.8) is 0 Å². The van der Waals surface area contributed by atoms with Crippen LogP contribution in [-0.2, 0) is 6.54 Å². The molecule has 4 heterocycles. The maximum absolute atomic E-state index is 13.8. The van der Waals surface area contributed by atoms with Gasteiger partial charge in [0.25, 0.3) is 17.7 Å². The number of methoxy groups -OCH3 is 1. The van der Waals surface area contributed by atoms with Crippen LogP contribution in [0.1, 0.15) is 85.0 Å². The molecule has 14 nitrogen and oxygen atoms in total. The maximum atomic E-state index is 13.8. The van der Waals surface area contributed by atoms with Gasteiger partial charge in [-0.25, -0.2) is 18.0 Å². The summed E-state index contributed by atoms with van der Waals surface area (Å²) in [5.41, 5.74) is -3.13. The highest BCUT2D eigenvalue weighted by Crippen LogP contribution is 2.61. The number of benzene rings is 1. The number of hydrogen-bond donors (Lipinski definition) is 3. The van der Waals surface area contributed by atoms with E-state index in [4.69, 9.17) is 4.74 Å². The molecule has 4 saturated carbocycles. The predicted molar refractivity (Wildman–Crippen MR) is 176 cm³/mol. The van der Waals surface area contributed by atoms with Crippen LogP contribution in [-0.4, -0.2) is 86.1 Å². The van der Waals surface area contributed by atoms with Crippen molar-refractivity contribution in [3.8, 4) is 11.5 Å². The van der Waals surface area contributed by atoms with Gasteiger partial charge in [-0.2, -0.15) is 0 Å². The lowest BCUT2D eigenvalue weighted by molar-refractivity contribution is 0.0580. The van der Waals surface area contributed by atoms with E-state index in [1.807, 2.05) is 0 Å². The Balaban J connectivity index is 0.000000160. The molecule has 6 aliphatic rings. The fraction of sp³-hybridized carbons (Fsp3) is 0.444. The van der Waals surface area contributed by atoms with Gasteiger partial charge in [-0.1, -0.05) is 0 Å².